The normalized spacial score (nSPS) is 11.8. The van der Waals surface area contributed by atoms with Crippen LogP contribution in [0.1, 0.15) is 39.6 Å². The molecule has 0 aliphatic heterocycles. The highest BCUT2D eigenvalue weighted by molar-refractivity contribution is 8.00. The van der Waals surface area contributed by atoms with Crippen molar-refractivity contribution in [2.75, 3.05) is 10.6 Å². The number of nitrogens with one attached hydrogen (secondary N) is 3. The summed E-state index contributed by atoms with van der Waals surface area (Å²) in [6.45, 7) is 1.87. The number of benzene rings is 3. The molecule has 1 heterocycles. The molecule has 0 saturated carbocycles. The highest BCUT2D eigenvalue weighted by Crippen LogP contribution is 2.29. The number of thioether (sulfide) groups is 1. The molecule has 1 aromatic heterocycles. The lowest BCUT2D eigenvalue weighted by Gasteiger charge is -2.16. The van der Waals surface area contributed by atoms with Crippen LogP contribution >= 0.6 is 34.7 Å². The van der Waals surface area contributed by atoms with Crippen molar-refractivity contribution in [3.05, 3.63) is 117 Å². The fraction of sp³-hybridized carbons (Fsp3) is 0.0968. The summed E-state index contributed by atoms with van der Waals surface area (Å²) in [7, 11) is 0. The van der Waals surface area contributed by atoms with Crippen LogP contribution in [-0.4, -0.2) is 34.0 Å². The Balaban J connectivity index is 1.46. The van der Waals surface area contributed by atoms with Crippen LogP contribution in [0.2, 0.25) is 5.02 Å². The number of hydrogen-bond acceptors (Lipinski definition) is 6. The Kier molecular flexibility index (Phi) is 10.6. The van der Waals surface area contributed by atoms with Gasteiger partial charge in [-0.1, -0.05) is 42.8 Å². The van der Waals surface area contributed by atoms with E-state index in [1.54, 1.807) is 54.6 Å². The number of carboxylic acid groups (broad SMARTS) is 1. The van der Waals surface area contributed by atoms with E-state index in [0.717, 1.165) is 10.5 Å². The van der Waals surface area contributed by atoms with Gasteiger partial charge in [-0.05, 0) is 83.4 Å². The molecule has 214 valence electrons. The van der Waals surface area contributed by atoms with Crippen molar-refractivity contribution in [3.8, 4) is 0 Å². The summed E-state index contributed by atoms with van der Waals surface area (Å²) in [4.78, 5) is 51.2. The smallest absolute Gasteiger partial charge is 0.337 e. The molecular formula is C31H26ClN3O5S2. The number of rotatable bonds is 11. The molecule has 0 fully saturated rings. The predicted molar refractivity (Wildman–Crippen MR) is 168 cm³/mol. The predicted octanol–water partition coefficient (Wildman–Crippen LogP) is 7.02. The van der Waals surface area contributed by atoms with Crippen molar-refractivity contribution in [2.24, 2.45) is 0 Å². The van der Waals surface area contributed by atoms with Gasteiger partial charge >= 0.3 is 5.97 Å². The molecule has 11 heteroatoms. The van der Waals surface area contributed by atoms with Gasteiger partial charge < -0.3 is 21.1 Å². The van der Waals surface area contributed by atoms with E-state index in [9.17, 15) is 24.3 Å². The number of carbonyl (C=O) groups is 4. The Morgan fingerprint density at radius 3 is 2.40 bits per heavy atom. The maximum absolute atomic E-state index is 13.3. The Morgan fingerprint density at radius 2 is 1.71 bits per heavy atom. The van der Waals surface area contributed by atoms with Crippen molar-refractivity contribution in [3.63, 3.8) is 0 Å². The van der Waals surface area contributed by atoms with Gasteiger partial charge in [0, 0.05) is 21.8 Å². The van der Waals surface area contributed by atoms with Gasteiger partial charge in [-0.2, -0.15) is 11.3 Å². The monoisotopic (exact) mass is 619 g/mol. The van der Waals surface area contributed by atoms with Crippen molar-refractivity contribution in [1.82, 2.24) is 5.32 Å². The van der Waals surface area contributed by atoms with Gasteiger partial charge in [0.05, 0.1) is 15.8 Å². The maximum Gasteiger partial charge on any atom is 0.337 e. The van der Waals surface area contributed by atoms with Crippen LogP contribution in [0.4, 0.5) is 11.4 Å². The minimum absolute atomic E-state index is 0.0775. The first-order chi connectivity index (χ1) is 20.2. The average Bonchev–Trinajstić information content (AvgIpc) is 3.50. The second-order valence-corrected chi connectivity index (χ2v) is 11.4. The fourth-order valence-electron chi connectivity index (χ4n) is 3.79. The Hall–Kier alpha value is -4.38. The van der Waals surface area contributed by atoms with Gasteiger partial charge in [-0.25, -0.2) is 4.79 Å². The van der Waals surface area contributed by atoms with Gasteiger partial charge in [0.1, 0.15) is 5.70 Å². The van der Waals surface area contributed by atoms with Crippen molar-refractivity contribution in [2.45, 2.75) is 23.5 Å². The van der Waals surface area contributed by atoms with Crippen molar-refractivity contribution in [1.29, 1.82) is 0 Å². The first kappa shape index (κ1) is 30.6. The van der Waals surface area contributed by atoms with Crippen LogP contribution in [0.15, 0.2) is 100 Å². The molecule has 1 atom stereocenters. The summed E-state index contributed by atoms with van der Waals surface area (Å²) >= 11 is 8.71. The van der Waals surface area contributed by atoms with Crippen LogP contribution in [0, 0.1) is 0 Å². The number of anilines is 2. The number of halogens is 1. The SMILES string of the molecule is CCC(Sc1cccc(NC(=O)/C(=C/c2ccsc2)NC(=O)c2ccccc2)c1)C(=O)Nc1ccc(Cl)c(C(=O)O)c1. The van der Waals surface area contributed by atoms with E-state index < -0.39 is 23.0 Å². The standard InChI is InChI=1S/C31H26ClN3O5S2/c1-2-27(30(38)34-22-11-12-25(32)24(17-22)31(39)40)42-23-10-6-9-21(16-23)33-29(37)26(15-19-13-14-41-18-19)35-28(36)20-7-4-3-5-8-20/h3-18,27H,2H2,1H3,(H,33,37)(H,34,38)(H,35,36)(H,39,40)/b26-15-. The molecule has 0 bridgehead atoms. The van der Waals surface area contributed by atoms with E-state index in [4.69, 9.17) is 11.6 Å². The highest BCUT2D eigenvalue weighted by atomic mass is 35.5. The second-order valence-electron chi connectivity index (χ2n) is 8.92. The fourth-order valence-corrected chi connectivity index (χ4v) is 5.62. The van der Waals surface area contributed by atoms with Crippen LogP contribution in [0.3, 0.4) is 0 Å². The number of amides is 3. The number of hydrogen-bond donors (Lipinski definition) is 4. The molecule has 3 aromatic carbocycles. The third-order valence-electron chi connectivity index (χ3n) is 5.88. The van der Waals surface area contributed by atoms with Crippen LogP contribution < -0.4 is 16.0 Å². The minimum Gasteiger partial charge on any atom is -0.478 e. The first-order valence-corrected chi connectivity index (χ1v) is 15.0. The molecule has 4 aromatic rings. The van der Waals surface area contributed by atoms with Crippen LogP contribution in [-0.2, 0) is 9.59 Å². The third-order valence-corrected chi connectivity index (χ3v) is 8.27. The molecule has 0 saturated heterocycles. The van der Waals surface area contributed by atoms with Gasteiger partial charge in [0.15, 0.2) is 0 Å². The molecule has 1 unspecified atom stereocenters. The average molecular weight is 620 g/mol. The molecular weight excluding hydrogens is 594 g/mol. The zero-order valence-electron chi connectivity index (χ0n) is 22.3. The molecule has 0 aliphatic rings. The van der Waals surface area contributed by atoms with Crippen LogP contribution in [0.25, 0.3) is 6.08 Å². The van der Waals surface area contributed by atoms with E-state index in [0.29, 0.717) is 23.4 Å². The van der Waals surface area contributed by atoms with Crippen molar-refractivity contribution < 1.29 is 24.3 Å². The number of thiophene rings is 1. The molecule has 4 N–H and O–H groups in total. The van der Waals surface area contributed by atoms with Crippen molar-refractivity contribution >= 4 is 75.8 Å². The molecule has 3 amide bonds. The molecule has 0 aliphatic carbocycles. The lowest BCUT2D eigenvalue weighted by molar-refractivity contribution is -0.116. The van der Waals surface area contributed by atoms with Gasteiger partial charge in [-0.3, -0.25) is 14.4 Å². The largest absolute Gasteiger partial charge is 0.478 e. The summed E-state index contributed by atoms with van der Waals surface area (Å²) in [5.74, 6) is -2.41. The Morgan fingerprint density at radius 1 is 0.952 bits per heavy atom. The lowest BCUT2D eigenvalue weighted by Crippen LogP contribution is -2.30. The molecule has 8 nitrogen and oxygen atoms in total. The highest BCUT2D eigenvalue weighted by Gasteiger charge is 2.20. The zero-order valence-corrected chi connectivity index (χ0v) is 24.7. The number of aromatic carboxylic acids is 1. The second kappa shape index (κ2) is 14.5. The summed E-state index contributed by atoms with van der Waals surface area (Å²) in [5, 5.41) is 20.9. The number of carbonyl (C=O) groups excluding carboxylic acids is 3. The summed E-state index contributed by atoms with van der Waals surface area (Å²) in [5.41, 5.74) is 1.97. The molecule has 42 heavy (non-hydrogen) atoms. The van der Waals surface area contributed by atoms with Gasteiger partial charge in [0.25, 0.3) is 11.8 Å². The van der Waals surface area contributed by atoms with E-state index in [1.165, 1.54) is 41.3 Å². The van der Waals surface area contributed by atoms with Crippen LogP contribution in [0.5, 0.6) is 0 Å². The Bertz CT molecular complexity index is 1620. The number of carboxylic acids is 1. The molecule has 4 rings (SSSR count). The quantitative estimate of drug-likeness (QED) is 0.106. The molecule has 0 spiro atoms. The molecule has 0 radical (unpaired) electrons. The van der Waals surface area contributed by atoms with Gasteiger partial charge in [0.2, 0.25) is 5.91 Å². The van der Waals surface area contributed by atoms with E-state index in [1.807, 2.05) is 29.8 Å². The minimum atomic E-state index is -1.19. The third kappa shape index (κ3) is 8.32. The summed E-state index contributed by atoms with van der Waals surface area (Å²) in [6, 6.07) is 21.8. The van der Waals surface area contributed by atoms with Gasteiger partial charge in [-0.15, -0.1) is 11.8 Å². The maximum atomic E-state index is 13.3. The van der Waals surface area contributed by atoms with E-state index >= 15 is 0 Å². The lowest BCUT2D eigenvalue weighted by atomic mass is 10.2. The first-order valence-electron chi connectivity index (χ1n) is 12.8. The summed E-state index contributed by atoms with van der Waals surface area (Å²) in [6.07, 6.45) is 2.10. The van der Waals surface area contributed by atoms with E-state index in [2.05, 4.69) is 16.0 Å². The summed E-state index contributed by atoms with van der Waals surface area (Å²) < 4.78 is 0. The zero-order chi connectivity index (χ0) is 30.1. The van der Waals surface area contributed by atoms with E-state index in [-0.39, 0.29) is 22.2 Å². The Labute approximate surface area is 255 Å². The topological polar surface area (TPSA) is 125 Å².